The van der Waals surface area contributed by atoms with Gasteiger partial charge in [0.05, 0.1) is 25.5 Å². The summed E-state index contributed by atoms with van der Waals surface area (Å²) in [7, 11) is -0.550. The van der Waals surface area contributed by atoms with Crippen molar-refractivity contribution in [2.45, 2.75) is 37.5 Å². The number of hydrogen-bond acceptors (Lipinski definition) is 5. The number of carbonyl (C=O) groups excluding carboxylic acids is 1. The Kier molecular flexibility index (Phi) is 7.86. The van der Waals surface area contributed by atoms with Crippen molar-refractivity contribution in [2.24, 2.45) is 0 Å². The maximum Gasteiger partial charge on any atom is 0.240 e. The van der Waals surface area contributed by atoms with E-state index in [-0.39, 0.29) is 35.7 Å². The molecule has 1 amide bonds. The molecule has 0 fully saturated rings. The summed E-state index contributed by atoms with van der Waals surface area (Å²) in [5.74, 6) is 0.926. The largest absolute Gasteiger partial charge is 0.493 e. The fourth-order valence-electron chi connectivity index (χ4n) is 2.84. The standard InChI is InChI=1S/C22H30N2O5S/c1-22(2,3)17-7-9-18(10-8-17)30(26,27)24-13-12-23-21(25)15-16-6-11-19(28-4)20(14-16)29-5/h6-11,14,24H,12-13,15H2,1-5H3,(H,23,25). The highest BCUT2D eigenvalue weighted by Gasteiger charge is 2.17. The number of benzene rings is 2. The number of carbonyl (C=O) groups is 1. The summed E-state index contributed by atoms with van der Waals surface area (Å²) >= 11 is 0. The minimum absolute atomic E-state index is 0.0477. The van der Waals surface area contributed by atoms with Crippen LogP contribution in [0.15, 0.2) is 47.4 Å². The second-order valence-electron chi connectivity index (χ2n) is 7.89. The molecule has 0 radical (unpaired) electrons. The van der Waals surface area contributed by atoms with Gasteiger partial charge in [0.15, 0.2) is 11.5 Å². The normalized spacial score (nSPS) is 11.8. The SMILES string of the molecule is COc1ccc(CC(=O)NCCNS(=O)(=O)c2ccc(C(C)(C)C)cc2)cc1OC. The molecule has 30 heavy (non-hydrogen) atoms. The molecule has 8 heteroatoms. The Morgan fingerprint density at radius 3 is 2.13 bits per heavy atom. The highest BCUT2D eigenvalue weighted by atomic mass is 32.2. The second-order valence-corrected chi connectivity index (χ2v) is 9.66. The van der Waals surface area contributed by atoms with Crippen molar-refractivity contribution < 1.29 is 22.7 Å². The van der Waals surface area contributed by atoms with Crippen LogP contribution < -0.4 is 19.5 Å². The van der Waals surface area contributed by atoms with Crippen molar-refractivity contribution in [3.05, 3.63) is 53.6 Å². The minimum atomic E-state index is -3.63. The van der Waals surface area contributed by atoms with Gasteiger partial charge in [0.2, 0.25) is 15.9 Å². The summed E-state index contributed by atoms with van der Waals surface area (Å²) < 4.78 is 37.7. The molecule has 0 atom stereocenters. The summed E-state index contributed by atoms with van der Waals surface area (Å²) in [6.45, 7) is 6.49. The van der Waals surface area contributed by atoms with E-state index in [4.69, 9.17) is 9.47 Å². The molecule has 164 valence electrons. The fourth-order valence-corrected chi connectivity index (χ4v) is 3.88. The van der Waals surface area contributed by atoms with E-state index in [1.165, 1.54) is 7.11 Å². The number of nitrogens with one attached hydrogen (secondary N) is 2. The van der Waals surface area contributed by atoms with Gasteiger partial charge in [0.1, 0.15) is 0 Å². The number of amides is 1. The monoisotopic (exact) mass is 434 g/mol. The van der Waals surface area contributed by atoms with E-state index in [0.717, 1.165) is 11.1 Å². The summed E-state index contributed by atoms with van der Waals surface area (Å²) in [4.78, 5) is 12.3. The third-order valence-corrected chi connectivity index (χ3v) is 6.06. The molecule has 0 bridgehead atoms. The molecule has 2 rings (SSSR count). The predicted octanol–water partition coefficient (Wildman–Crippen LogP) is 2.64. The van der Waals surface area contributed by atoms with Gasteiger partial charge in [-0.3, -0.25) is 4.79 Å². The summed E-state index contributed by atoms with van der Waals surface area (Å²) in [5, 5.41) is 2.71. The first-order chi connectivity index (χ1) is 14.1. The van der Waals surface area contributed by atoms with Crippen LogP contribution in [0.25, 0.3) is 0 Å². The zero-order valence-corrected chi connectivity index (χ0v) is 18.9. The van der Waals surface area contributed by atoms with Crippen molar-refractivity contribution >= 4 is 15.9 Å². The molecule has 0 aliphatic heterocycles. The van der Waals surface area contributed by atoms with Crippen LogP contribution >= 0.6 is 0 Å². The lowest BCUT2D eigenvalue weighted by atomic mass is 9.87. The Morgan fingerprint density at radius 1 is 0.933 bits per heavy atom. The number of methoxy groups -OCH3 is 2. The average Bonchev–Trinajstić information content (AvgIpc) is 2.70. The Hall–Kier alpha value is -2.58. The maximum absolute atomic E-state index is 12.4. The van der Waals surface area contributed by atoms with Crippen LogP contribution in [0, 0.1) is 0 Å². The Balaban J connectivity index is 1.84. The van der Waals surface area contributed by atoms with Crippen molar-refractivity contribution in [1.82, 2.24) is 10.0 Å². The van der Waals surface area contributed by atoms with E-state index in [9.17, 15) is 13.2 Å². The first kappa shape index (κ1) is 23.7. The van der Waals surface area contributed by atoms with E-state index in [2.05, 4.69) is 30.8 Å². The topological polar surface area (TPSA) is 93.7 Å². The maximum atomic E-state index is 12.4. The van der Waals surface area contributed by atoms with Crippen LogP contribution in [0.2, 0.25) is 0 Å². The molecule has 2 N–H and O–H groups in total. The third kappa shape index (κ3) is 6.47. The highest BCUT2D eigenvalue weighted by Crippen LogP contribution is 2.27. The lowest BCUT2D eigenvalue weighted by Gasteiger charge is -2.19. The van der Waals surface area contributed by atoms with Crippen molar-refractivity contribution in [3.63, 3.8) is 0 Å². The van der Waals surface area contributed by atoms with Gasteiger partial charge in [-0.05, 0) is 40.8 Å². The van der Waals surface area contributed by atoms with Gasteiger partial charge in [0.25, 0.3) is 0 Å². The van der Waals surface area contributed by atoms with Crippen molar-refractivity contribution in [2.75, 3.05) is 27.3 Å². The lowest BCUT2D eigenvalue weighted by Crippen LogP contribution is -2.35. The number of rotatable bonds is 9. The van der Waals surface area contributed by atoms with E-state index >= 15 is 0 Å². The van der Waals surface area contributed by atoms with E-state index in [1.807, 2.05) is 12.1 Å². The average molecular weight is 435 g/mol. The molecule has 0 spiro atoms. The van der Waals surface area contributed by atoms with Gasteiger partial charge in [-0.2, -0.15) is 0 Å². The first-order valence-electron chi connectivity index (χ1n) is 9.64. The number of hydrogen-bond donors (Lipinski definition) is 2. The van der Waals surface area contributed by atoms with E-state index in [1.54, 1.807) is 37.4 Å². The molecule has 2 aromatic rings. The molecule has 0 aliphatic rings. The van der Waals surface area contributed by atoms with Gasteiger partial charge >= 0.3 is 0 Å². The molecule has 0 saturated heterocycles. The third-order valence-electron chi connectivity index (χ3n) is 4.58. The Labute approximate surface area is 178 Å². The summed E-state index contributed by atoms with van der Waals surface area (Å²) in [6, 6.07) is 12.1. The second kappa shape index (κ2) is 9.95. The summed E-state index contributed by atoms with van der Waals surface area (Å²) in [5.41, 5.74) is 1.78. The molecule has 0 heterocycles. The quantitative estimate of drug-likeness (QED) is 0.592. The highest BCUT2D eigenvalue weighted by molar-refractivity contribution is 7.89. The molecular formula is C22H30N2O5S. The number of sulfonamides is 1. The molecule has 2 aromatic carbocycles. The van der Waals surface area contributed by atoms with Gasteiger partial charge in [0, 0.05) is 13.1 Å². The van der Waals surface area contributed by atoms with Crippen LogP contribution in [0.4, 0.5) is 0 Å². The van der Waals surface area contributed by atoms with Crippen LogP contribution in [0.3, 0.4) is 0 Å². The van der Waals surface area contributed by atoms with Crippen molar-refractivity contribution in [1.29, 1.82) is 0 Å². The Morgan fingerprint density at radius 2 is 1.57 bits per heavy atom. The van der Waals surface area contributed by atoms with Crippen molar-refractivity contribution in [3.8, 4) is 11.5 Å². The van der Waals surface area contributed by atoms with E-state index in [0.29, 0.717) is 11.5 Å². The molecule has 0 saturated carbocycles. The van der Waals surface area contributed by atoms with Crippen LogP contribution in [-0.4, -0.2) is 41.6 Å². The van der Waals surface area contributed by atoms with Gasteiger partial charge in [-0.15, -0.1) is 0 Å². The molecule has 0 unspecified atom stereocenters. The zero-order valence-electron chi connectivity index (χ0n) is 18.1. The smallest absolute Gasteiger partial charge is 0.240 e. The lowest BCUT2D eigenvalue weighted by molar-refractivity contribution is -0.120. The zero-order chi connectivity index (χ0) is 22.4. The summed E-state index contributed by atoms with van der Waals surface area (Å²) in [6.07, 6.45) is 0.154. The molecule has 7 nitrogen and oxygen atoms in total. The number of ether oxygens (including phenoxy) is 2. The first-order valence-corrected chi connectivity index (χ1v) is 11.1. The van der Waals surface area contributed by atoms with Gasteiger partial charge in [-0.1, -0.05) is 39.0 Å². The molecular weight excluding hydrogens is 404 g/mol. The van der Waals surface area contributed by atoms with Gasteiger partial charge < -0.3 is 14.8 Å². The molecule has 0 aliphatic carbocycles. The fraction of sp³-hybridized carbons (Fsp3) is 0.409. The predicted molar refractivity (Wildman–Crippen MR) is 117 cm³/mol. The van der Waals surface area contributed by atoms with E-state index < -0.39 is 10.0 Å². The molecule has 0 aromatic heterocycles. The van der Waals surface area contributed by atoms with Crippen LogP contribution in [-0.2, 0) is 26.7 Å². The van der Waals surface area contributed by atoms with Crippen LogP contribution in [0.1, 0.15) is 31.9 Å². The Bertz CT molecular complexity index is 964. The van der Waals surface area contributed by atoms with Crippen LogP contribution in [0.5, 0.6) is 11.5 Å². The van der Waals surface area contributed by atoms with Gasteiger partial charge in [-0.25, -0.2) is 13.1 Å². The minimum Gasteiger partial charge on any atom is -0.493 e.